The molecule has 0 spiro atoms. The average molecular weight is 472 g/mol. The van der Waals surface area contributed by atoms with Gasteiger partial charge in [-0.05, 0) is 29.7 Å². The molecule has 0 aliphatic rings. The Morgan fingerprint density at radius 2 is 1.83 bits per heavy atom. The van der Waals surface area contributed by atoms with Crippen LogP contribution in [0.1, 0.15) is 11.3 Å². The molecule has 1 N–H and O–H groups in total. The van der Waals surface area contributed by atoms with Crippen molar-refractivity contribution in [3.05, 3.63) is 50.2 Å². The molecule has 2 aromatic heterocycles. The molecule has 0 aliphatic carbocycles. The SMILES string of the molecule is COc1csnc1-c1nc(C(F)(F)F)c(Oc2ccc(Cl)c(C(F)(F)F)c2)c(=O)[nH]1. The molecule has 0 unspecified atom stereocenters. The van der Waals surface area contributed by atoms with Gasteiger partial charge in [0.25, 0.3) is 5.56 Å². The first-order chi connectivity index (χ1) is 13.9. The number of nitrogens with one attached hydrogen (secondary N) is 1. The zero-order chi connectivity index (χ0) is 22.3. The maximum Gasteiger partial charge on any atom is 0.437 e. The highest BCUT2D eigenvalue weighted by Crippen LogP contribution is 2.40. The molecule has 0 fully saturated rings. The van der Waals surface area contributed by atoms with Gasteiger partial charge >= 0.3 is 12.4 Å². The summed E-state index contributed by atoms with van der Waals surface area (Å²) in [4.78, 5) is 17.7. The van der Waals surface area contributed by atoms with Crippen LogP contribution >= 0.6 is 23.1 Å². The Bertz CT molecular complexity index is 1140. The Balaban J connectivity index is 2.13. The zero-order valence-corrected chi connectivity index (χ0v) is 16.1. The Hall–Kier alpha value is -2.80. The van der Waals surface area contributed by atoms with E-state index in [1.807, 2.05) is 0 Å². The first-order valence-electron chi connectivity index (χ1n) is 7.66. The van der Waals surface area contributed by atoms with E-state index < -0.39 is 51.5 Å². The van der Waals surface area contributed by atoms with Gasteiger partial charge < -0.3 is 14.5 Å². The van der Waals surface area contributed by atoms with Gasteiger partial charge in [-0.1, -0.05) is 11.6 Å². The standard InChI is InChI=1S/C16H8ClF6N3O3S/c1-28-9-5-30-26-10(9)13-24-12(16(21,22)23)11(14(27)25-13)29-6-2-3-8(17)7(4-6)15(18,19)20/h2-5H,1H3,(H,24,25,27). The third-order valence-electron chi connectivity index (χ3n) is 3.59. The van der Waals surface area contributed by atoms with Crippen molar-refractivity contribution < 1.29 is 35.8 Å². The summed E-state index contributed by atoms with van der Waals surface area (Å²) in [5, 5.41) is 0.684. The summed E-state index contributed by atoms with van der Waals surface area (Å²) in [5.74, 6) is -2.51. The highest BCUT2D eigenvalue weighted by atomic mass is 35.5. The van der Waals surface area contributed by atoms with Crippen LogP contribution in [0.4, 0.5) is 26.3 Å². The van der Waals surface area contributed by atoms with Gasteiger partial charge in [0, 0.05) is 0 Å². The second kappa shape index (κ2) is 7.80. The molecule has 14 heteroatoms. The van der Waals surface area contributed by atoms with Gasteiger partial charge in [-0.2, -0.15) is 30.7 Å². The second-order valence-corrected chi connectivity index (χ2v) is 6.60. The number of hydrogen-bond acceptors (Lipinski definition) is 6. The molecule has 2 heterocycles. The van der Waals surface area contributed by atoms with Gasteiger partial charge in [0.2, 0.25) is 5.75 Å². The van der Waals surface area contributed by atoms with Gasteiger partial charge in [0.1, 0.15) is 5.75 Å². The first kappa shape index (κ1) is 21.9. The molecule has 3 aromatic rings. The van der Waals surface area contributed by atoms with Crippen LogP contribution in [-0.4, -0.2) is 21.5 Å². The van der Waals surface area contributed by atoms with E-state index in [4.69, 9.17) is 21.1 Å². The normalized spacial score (nSPS) is 12.1. The number of aromatic nitrogens is 3. The van der Waals surface area contributed by atoms with E-state index in [0.717, 1.165) is 23.7 Å². The molecule has 0 radical (unpaired) electrons. The summed E-state index contributed by atoms with van der Waals surface area (Å²) in [7, 11) is 1.24. The quantitative estimate of drug-likeness (QED) is 0.517. The van der Waals surface area contributed by atoms with E-state index in [0.29, 0.717) is 6.07 Å². The lowest BCUT2D eigenvalue weighted by atomic mass is 10.2. The number of alkyl halides is 6. The van der Waals surface area contributed by atoms with E-state index in [-0.39, 0.29) is 11.4 Å². The van der Waals surface area contributed by atoms with Gasteiger partial charge in [-0.25, -0.2) is 4.98 Å². The van der Waals surface area contributed by atoms with Crippen LogP contribution in [0.5, 0.6) is 17.2 Å². The van der Waals surface area contributed by atoms with Crippen molar-refractivity contribution in [2.45, 2.75) is 12.4 Å². The molecule has 0 saturated carbocycles. The third kappa shape index (κ3) is 4.36. The van der Waals surface area contributed by atoms with Gasteiger partial charge in [-0.15, -0.1) is 0 Å². The fraction of sp³-hybridized carbons (Fsp3) is 0.188. The molecule has 0 amide bonds. The van der Waals surface area contributed by atoms with Crippen LogP contribution in [0.25, 0.3) is 11.5 Å². The lowest BCUT2D eigenvalue weighted by Crippen LogP contribution is -2.21. The summed E-state index contributed by atoms with van der Waals surface area (Å²) in [6.45, 7) is 0. The Kier molecular flexibility index (Phi) is 5.69. The molecule has 1 aromatic carbocycles. The van der Waals surface area contributed by atoms with Crippen LogP contribution in [0.15, 0.2) is 28.4 Å². The number of H-pyrrole nitrogens is 1. The van der Waals surface area contributed by atoms with Crippen LogP contribution < -0.4 is 15.0 Å². The van der Waals surface area contributed by atoms with Crippen molar-refractivity contribution in [2.24, 2.45) is 0 Å². The van der Waals surface area contributed by atoms with Gasteiger partial charge in [0.05, 0.1) is 23.1 Å². The third-order valence-corrected chi connectivity index (χ3v) is 4.53. The molecule has 0 aliphatic heterocycles. The fourth-order valence-electron chi connectivity index (χ4n) is 2.30. The van der Waals surface area contributed by atoms with Crippen LogP contribution in [0, 0.1) is 0 Å². The molecule has 3 rings (SSSR count). The number of aromatic amines is 1. The fourth-order valence-corrected chi connectivity index (χ4v) is 3.16. The summed E-state index contributed by atoms with van der Waals surface area (Å²) in [6, 6.07) is 2.04. The summed E-state index contributed by atoms with van der Waals surface area (Å²) >= 11 is 6.32. The minimum atomic E-state index is -5.17. The molecule has 0 atom stereocenters. The van der Waals surface area contributed by atoms with Crippen molar-refractivity contribution in [3.63, 3.8) is 0 Å². The Morgan fingerprint density at radius 3 is 2.43 bits per heavy atom. The van der Waals surface area contributed by atoms with E-state index in [1.54, 1.807) is 0 Å². The van der Waals surface area contributed by atoms with Gasteiger partial charge in [-0.3, -0.25) is 4.79 Å². The van der Waals surface area contributed by atoms with Crippen LogP contribution in [0.3, 0.4) is 0 Å². The highest BCUT2D eigenvalue weighted by molar-refractivity contribution is 7.04. The van der Waals surface area contributed by atoms with E-state index >= 15 is 0 Å². The number of hydrogen-bond donors (Lipinski definition) is 1. The summed E-state index contributed by atoms with van der Waals surface area (Å²) in [5.41, 5.74) is -4.63. The Labute approximate surface area is 172 Å². The first-order valence-corrected chi connectivity index (χ1v) is 8.88. The van der Waals surface area contributed by atoms with Crippen LogP contribution in [0.2, 0.25) is 5.02 Å². The molecule has 30 heavy (non-hydrogen) atoms. The molecule has 0 bridgehead atoms. The number of halogens is 7. The maximum absolute atomic E-state index is 13.5. The highest BCUT2D eigenvalue weighted by Gasteiger charge is 2.40. The van der Waals surface area contributed by atoms with Crippen molar-refractivity contribution in [2.75, 3.05) is 7.11 Å². The second-order valence-electron chi connectivity index (χ2n) is 5.56. The molecule has 0 saturated heterocycles. The minimum absolute atomic E-state index is 0.0671. The van der Waals surface area contributed by atoms with Crippen molar-refractivity contribution in [1.82, 2.24) is 14.3 Å². The number of nitrogens with zero attached hydrogens (tertiary/aromatic N) is 2. The molecular weight excluding hydrogens is 464 g/mol. The summed E-state index contributed by atoms with van der Waals surface area (Å²) < 4.78 is 93.1. The zero-order valence-electron chi connectivity index (χ0n) is 14.5. The number of ether oxygens (including phenoxy) is 2. The van der Waals surface area contributed by atoms with E-state index in [9.17, 15) is 31.1 Å². The predicted octanol–water partition coefficient (Wildman–Crippen LogP) is 5.39. The largest absolute Gasteiger partial charge is 0.493 e. The lowest BCUT2D eigenvalue weighted by molar-refractivity contribution is -0.142. The lowest BCUT2D eigenvalue weighted by Gasteiger charge is -2.15. The summed E-state index contributed by atoms with van der Waals surface area (Å²) in [6.07, 6.45) is -10.1. The molecular formula is C16H8ClF6N3O3S. The van der Waals surface area contributed by atoms with Crippen molar-refractivity contribution >= 4 is 23.1 Å². The predicted molar refractivity (Wildman–Crippen MR) is 94.0 cm³/mol. The molecule has 160 valence electrons. The minimum Gasteiger partial charge on any atom is -0.493 e. The Morgan fingerprint density at radius 1 is 1.13 bits per heavy atom. The molecule has 6 nitrogen and oxygen atoms in total. The van der Waals surface area contributed by atoms with E-state index in [1.165, 1.54) is 12.5 Å². The smallest absolute Gasteiger partial charge is 0.437 e. The van der Waals surface area contributed by atoms with E-state index in [2.05, 4.69) is 14.3 Å². The topological polar surface area (TPSA) is 77.1 Å². The van der Waals surface area contributed by atoms with Crippen molar-refractivity contribution in [1.29, 1.82) is 0 Å². The van der Waals surface area contributed by atoms with Crippen LogP contribution in [-0.2, 0) is 12.4 Å². The number of benzene rings is 1. The van der Waals surface area contributed by atoms with Gasteiger partial charge in [0.15, 0.2) is 23.0 Å². The number of methoxy groups -OCH3 is 1. The monoisotopic (exact) mass is 471 g/mol. The maximum atomic E-state index is 13.5. The van der Waals surface area contributed by atoms with Crippen molar-refractivity contribution in [3.8, 4) is 28.8 Å². The number of rotatable bonds is 4. The average Bonchev–Trinajstić information content (AvgIpc) is 3.11.